The highest BCUT2D eigenvalue weighted by Gasteiger charge is 2.23. The monoisotopic (exact) mass is 286 g/mol. The summed E-state index contributed by atoms with van der Waals surface area (Å²) in [5.74, 6) is -0.00407. The molecule has 0 N–H and O–H groups in total. The lowest BCUT2D eigenvalue weighted by Crippen LogP contribution is -2.38. The Bertz CT molecular complexity index is 430. The van der Waals surface area contributed by atoms with Gasteiger partial charge in [0, 0.05) is 18.2 Å². The van der Waals surface area contributed by atoms with E-state index in [0.29, 0.717) is 5.56 Å². The molecule has 0 bridgehead atoms. The minimum Gasteiger partial charge on any atom is -0.336 e. The zero-order valence-electron chi connectivity index (χ0n) is 10.3. The first kappa shape index (κ1) is 13.6. The predicted molar refractivity (Wildman–Crippen MR) is 73.2 cm³/mol. The Morgan fingerprint density at radius 3 is 2.61 bits per heavy atom. The maximum Gasteiger partial charge on any atom is 0.254 e. The second-order valence-corrected chi connectivity index (χ2v) is 5.47. The minimum absolute atomic E-state index is 0.00407. The Kier molecular flexibility index (Phi) is 4.46. The van der Waals surface area contributed by atoms with Crippen LogP contribution >= 0.6 is 23.2 Å². The number of carbonyl (C=O) groups is 1. The Balaban J connectivity index is 2.23. The normalized spacial score (nSPS) is 20.6. The molecule has 0 aliphatic carbocycles. The van der Waals surface area contributed by atoms with E-state index in [9.17, 15) is 4.79 Å². The quantitative estimate of drug-likeness (QED) is 0.736. The second kappa shape index (κ2) is 5.89. The number of pyridine rings is 1. The van der Waals surface area contributed by atoms with Crippen LogP contribution in [0.15, 0.2) is 12.1 Å². The van der Waals surface area contributed by atoms with Crippen molar-refractivity contribution >= 4 is 29.1 Å². The number of hydrogen-bond acceptors (Lipinski definition) is 2. The molecular weight excluding hydrogens is 271 g/mol. The number of nitrogens with zero attached hydrogens (tertiary/aromatic N) is 2. The van der Waals surface area contributed by atoms with Crippen molar-refractivity contribution in [2.24, 2.45) is 0 Å². The fourth-order valence-corrected chi connectivity index (χ4v) is 2.79. The average molecular weight is 287 g/mol. The Labute approximate surface area is 117 Å². The van der Waals surface area contributed by atoms with Crippen molar-refractivity contribution in [3.05, 3.63) is 28.0 Å². The average Bonchev–Trinajstić information content (AvgIpc) is 2.51. The summed E-state index contributed by atoms with van der Waals surface area (Å²) in [6, 6.07) is 3.42. The molecular formula is C13H16Cl2N2O. The Hall–Kier alpha value is -0.800. The lowest BCUT2D eigenvalue weighted by Gasteiger charge is -2.27. The molecule has 1 aliphatic rings. The Morgan fingerprint density at radius 1 is 1.28 bits per heavy atom. The van der Waals surface area contributed by atoms with E-state index >= 15 is 0 Å². The number of aromatic nitrogens is 1. The largest absolute Gasteiger partial charge is 0.336 e. The third kappa shape index (κ3) is 3.15. The van der Waals surface area contributed by atoms with Gasteiger partial charge >= 0.3 is 0 Å². The van der Waals surface area contributed by atoms with E-state index < -0.39 is 0 Å². The van der Waals surface area contributed by atoms with Crippen LogP contribution in [0.5, 0.6) is 0 Å². The van der Waals surface area contributed by atoms with Crippen molar-refractivity contribution in [1.29, 1.82) is 0 Å². The lowest BCUT2D eigenvalue weighted by molar-refractivity contribution is 0.0698. The van der Waals surface area contributed by atoms with Gasteiger partial charge in [-0.15, -0.1) is 0 Å². The second-order valence-electron chi connectivity index (χ2n) is 4.70. The molecule has 1 aromatic heterocycles. The fraction of sp³-hybridized carbons (Fsp3) is 0.538. The molecule has 1 atom stereocenters. The van der Waals surface area contributed by atoms with Gasteiger partial charge in [-0.1, -0.05) is 36.0 Å². The van der Waals surface area contributed by atoms with Crippen LogP contribution in [-0.2, 0) is 0 Å². The van der Waals surface area contributed by atoms with Gasteiger partial charge in [0.05, 0.1) is 0 Å². The van der Waals surface area contributed by atoms with E-state index in [0.717, 1.165) is 19.4 Å². The molecule has 5 heteroatoms. The van der Waals surface area contributed by atoms with Crippen LogP contribution in [0, 0.1) is 0 Å². The van der Waals surface area contributed by atoms with E-state index in [4.69, 9.17) is 23.2 Å². The zero-order chi connectivity index (χ0) is 13.1. The summed E-state index contributed by atoms with van der Waals surface area (Å²) in [6.45, 7) is 2.89. The fourth-order valence-electron chi connectivity index (χ4n) is 2.33. The van der Waals surface area contributed by atoms with Crippen LogP contribution in [0.25, 0.3) is 0 Å². The van der Waals surface area contributed by atoms with E-state index in [1.807, 2.05) is 4.90 Å². The zero-order valence-corrected chi connectivity index (χ0v) is 11.8. The molecule has 2 rings (SSSR count). The van der Waals surface area contributed by atoms with E-state index in [2.05, 4.69) is 11.9 Å². The van der Waals surface area contributed by atoms with Crippen LogP contribution < -0.4 is 0 Å². The van der Waals surface area contributed by atoms with Gasteiger partial charge in [-0.3, -0.25) is 4.79 Å². The van der Waals surface area contributed by atoms with E-state index in [1.54, 1.807) is 12.1 Å². The van der Waals surface area contributed by atoms with E-state index in [1.165, 1.54) is 12.8 Å². The topological polar surface area (TPSA) is 33.2 Å². The van der Waals surface area contributed by atoms with Gasteiger partial charge in [0.2, 0.25) is 0 Å². The van der Waals surface area contributed by atoms with Crippen molar-refractivity contribution in [3.8, 4) is 0 Å². The van der Waals surface area contributed by atoms with Gasteiger partial charge in [0.25, 0.3) is 5.91 Å². The highest BCUT2D eigenvalue weighted by Crippen LogP contribution is 2.21. The standard InChI is InChI=1S/C13H16Cl2N2O/c1-9-5-3-2-4-6-17(9)13(18)10-7-11(14)16-12(15)8-10/h7-9H,2-6H2,1H3. The molecule has 2 heterocycles. The Morgan fingerprint density at radius 2 is 1.94 bits per heavy atom. The molecule has 1 amide bonds. The number of amides is 1. The molecule has 0 radical (unpaired) electrons. The van der Waals surface area contributed by atoms with Gasteiger partial charge in [0.15, 0.2) is 0 Å². The molecule has 0 aromatic carbocycles. The van der Waals surface area contributed by atoms with Gasteiger partial charge in [0.1, 0.15) is 10.3 Å². The van der Waals surface area contributed by atoms with Crippen molar-refractivity contribution < 1.29 is 4.79 Å². The molecule has 18 heavy (non-hydrogen) atoms. The molecule has 1 aromatic rings. The number of carbonyl (C=O) groups excluding carboxylic acids is 1. The number of halogens is 2. The maximum absolute atomic E-state index is 12.4. The van der Waals surface area contributed by atoms with Crippen LogP contribution in [0.1, 0.15) is 43.0 Å². The summed E-state index contributed by atoms with van der Waals surface area (Å²) in [5, 5.41) is 0.515. The predicted octanol–water partition coefficient (Wildman–Crippen LogP) is 3.79. The van der Waals surface area contributed by atoms with Crippen LogP contribution in [0.2, 0.25) is 10.3 Å². The number of rotatable bonds is 1. The van der Waals surface area contributed by atoms with Crippen LogP contribution in [0.4, 0.5) is 0 Å². The molecule has 1 saturated heterocycles. The first-order valence-corrected chi connectivity index (χ1v) is 6.97. The molecule has 1 aliphatic heterocycles. The van der Waals surface area contributed by atoms with Crippen molar-refractivity contribution in [1.82, 2.24) is 9.88 Å². The molecule has 1 fully saturated rings. The first-order chi connectivity index (χ1) is 8.58. The van der Waals surface area contributed by atoms with Gasteiger partial charge < -0.3 is 4.90 Å². The summed E-state index contributed by atoms with van der Waals surface area (Å²) < 4.78 is 0. The third-order valence-electron chi connectivity index (χ3n) is 3.32. The summed E-state index contributed by atoms with van der Waals surface area (Å²) in [5.41, 5.74) is 0.522. The smallest absolute Gasteiger partial charge is 0.254 e. The minimum atomic E-state index is -0.00407. The number of likely N-dealkylation sites (tertiary alicyclic amines) is 1. The molecule has 98 valence electrons. The molecule has 0 spiro atoms. The highest BCUT2D eigenvalue weighted by molar-refractivity contribution is 6.33. The summed E-state index contributed by atoms with van der Waals surface area (Å²) >= 11 is 11.7. The maximum atomic E-state index is 12.4. The van der Waals surface area contributed by atoms with Crippen molar-refractivity contribution in [2.75, 3.05) is 6.54 Å². The highest BCUT2D eigenvalue weighted by atomic mass is 35.5. The third-order valence-corrected chi connectivity index (χ3v) is 3.71. The molecule has 3 nitrogen and oxygen atoms in total. The summed E-state index contributed by atoms with van der Waals surface area (Å²) in [4.78, 5) is 18.2. The SMILES string of the molecule is CC1CCCCCN1C(=O)c1cc(Cl)nc(Cl)c1. The van der Waals surface area contributed by atoms with Crippen LogP contribution in [0.3, 0.4) is 0 Å². The molecule has 1 unspecified atom stereocenters. The van der Waals surface area contributed by atoms with Gasteiger partial charge in [-0.05, 0) is 31.9 Å². The first-order valence-electron chi connectivity index (χ1n) is 6.22. The van der Waals surface area contributed by atoms with Crippen molar-refractivity contribution in [3.63, 3.8) is 0 Å². The van der Waals surface area contributed by atoms with Gasteiger partial charge in [-0.2, -0.15) is 0 Å². The summed E-state index contributed by atoms with van der Waals surface area (Å²) in [6.07, 6.45) is 4.48. The van der Waals surface area contributed by atoms with Crippen LogP contribution in [-0.4, -0.2) is 28.4 Å². The van der Waals surface area contributed by atoms with E-state index in [-0.39, 0.29) is 22.3 Å². The van der Waals surface area contributed by atoms with Gasteiger partial charge in [-0.25, -0.2) is 4.98 Å². The number of hydrogen-bond donors (Lipinski definition) is 0. The van der Waals surface area contributed by atoms with Crippen molar-refractivity contribution in [2.45, 2.75) is 38.6 Å². The lowest BCUT2D eigenvalue weighted by atomic mass is 10.1. The summed E-state index contributed by atoms with van der Waals surface area (Å²) in [7, 11) is 0. The molecule has 0 saturated carbocycles.